The number of alkyl halides is 2. The number of amides is 2. The summed E-state index contributed by atoms with van der Waals surface area (Å²) < 4.78 is 29.3. The topological polar surface area (TPSA) is 61.9 Å². The van der Waals surface area contributed by atoms with Crippen LogP contribution in [0.1, 0.15) is 18.9 Å². The molecule has 1 aromatic carbocycles. The summed E-state index contributed by atoms with van der Waals surface area (Å²) in [4.78, 5) is 27.7. The fraction of sp³-hybridized carbons (Fsp3) is 0.474. The first-order chi connectivity index (χ1) is 13.0. The summed E-state index contributed by atoms with van der Waals surface area (Å²) in [6.07, 6.45) is 3.73. The van der Waals surface area contributed by atoms with E-state index >= 15 is 0 Å². The summed E-state index contributed by atoms with van der Waals surface area (Å²) >= 11 is 0. The van der Waals surface area contributed by atoms with Crippen LogP contribution in [0.3, 0.4) is 0 Å². The van der Waals surface area contributed by atoms with Crippen LogP contribution >= 0.6 is 0 Å². The van der Waals surface area contributed by atoms with Crippen LogP contribution in [0.4, 0.5) is 8.78 Å². The van der Waals surface area contributed by atoms with Gasteiger partial charge in [-0.05, 0) is 18.6 Å². The Kier molecular flexibility index (Phi) is 8.19. The molecular formula is C19H25F2N3O3. The molecule has 1 aliphatic heterocycles. The minimum Gasteiger partial charge on any atom is -0.434 e. The second kappa shape index (κ2) is 10.6. The van der Waals surface area contributed by atoms with E-state index in [0.717, 1.165) is 6.42 Å². The number of halogens is 2. The monoisotopic (exact) mass is 381 g/mol. The van der Waals surface area contributed by atoms with Crippen LogP contribution in [-0.2, 0) is 9.59 Å². The van der Waals surface area contributed by atoms with Crippen molar-refractivity contribution in [2.75, 3.05) is 39.3 Å². The number of ether oxygens (including phenoxy) is 1. The smallest absolute Gasteiger partial charge is 0.387 e. The van der Waals surface area contributed by atoms with E-state index < -0.39 is 6.61 Å². The first-order valence-corrected chi connectivity index (χ1v) is 8.99. The summed E-state index contributed by atoms with van der Waals surface area (Å²) in [5, 5.41) is 2.83. The van der Waals surface area contributed by atoms with Crippen molar-refractivity contribution < 1.29 is 23.1 Å². The van der Waals surface area contributed by atoms with E-state index in [2.05, 4.69) is 10.1 Å². The zero-order valence-corrected chi connectivity index (χ0v) is 15.4. The first kappa shape index (κ1) is 20.8. The molecule has 0 bridgehead atoms. The zero-order chi connectivity index (χ0) is 19.6. The van der Waals surface area contributed by atoms with Crippen molar-refractivity contribution >= 4 is 17.9 Å². The number of para-hydroxylation sites is 1. The zero-order valence-electron chi connectivity index (χ0n) is 15.4. The highest BCUT2D eigenvalue weighted by Gasteiger charge is 2.21. The van der Waals surface area contributed by atoms with Gasteiger partial charge in [0.2, 0.25) is 11.8 Å². The molecule has 1 aromatic rings. The minimum atomic E-state index is -2.92. The molecule has 1 fully saturated rings. The number of rotatable bonds is 8. The van der Waals surface area contributed by atoms with Gasteiger partial charge in [-0.1, -0.05) is 25.1 Å². The van der Waals surface area contributed by atoms with E-state index in [-0.39, 0.29) is 17.6 Å². The standard InChI is InChI=1S/C19H25F2N3O3/c1-2-9-22-17(25)14-23-10-12-24(13-11-23)18(26)8-7-15-5-3-4-6-16(15)27-19(20)21/h3-8,19H,2,9-14H2,1H3,(H,22,25)/b8-7+. The third-order valence-corrected chi connectivity index (χ3v) is 4.16. The second-order valence-electron chi connectivity index (χ2n) is 6.20. The number of nitrogens with one attached hydrogen (secondary N) is 1. The predicted octanol–water partition coefficient (Wildman–Crippen LogP) is 1.97. The van der Waals surface area contributed by atoms with Gasteiger partial charge in [0.05, 0.1) is 6.54 Å². The highest BCUT2D eigenvalue weighted by molar-refractivity contribution is 5.92. The number of piperazine rings is 1. The van der Waals surface area contributed by atoms with Gasteiger partial charge in [0.1, 0.15) is 5.75 Å². The maximum absolute atomic E-state index is 12.4. The van der Waals surface area contributed by atoms with Crippen LogP contribution in [0.25, 0.3) is 6.08 Å². The lowest BCUT2D eigenvalue weighted by molar-refractivity contribution is -0.128. The van der Waals surface area contributed by atoms with Gasteiger partial charge in [-0.15, -0.1) is 0 Å². The van der Waals surface area contributed by atoms with Gasteiger partial charge >= 0.3 is 6.61 Å². The van der Waals surface area contributed by atoms with Gasteiger partial charge in [-0.25, -0.2) is 0 Å². The van der Waals surface area contributed by atoms with E-state index in [9.17, 15) is 18.4 Å². The predicted molar refractivity (Wildman–Crippen MR) is 98.4 cm³/mol. The van der Waals surface area contributed by atoms with E-state index in [4.69, 9.17) is 0 Å². The molecule has 1 saturated heterocycles. The molecule has 0 aromatic heterocycles. The van der Waals surface area contributed by atoms with Crippen molar-refractivity contribution in [1.82, 2.24) is 15.1 Å². The highest BCUT2D eigenvalue weighted by Crippen LogP contribution is 2.21. The number of carbonyl (C=O) groups is 2. The first-order valence-electron chi connectivity index (χ1n) is 8.99. The van der Waals surface area contributed by atoms with Gasteiger partial charge in [0, 0.05) is 44.4 Å². The Morgan fingerprint density at radius 1 is 1.22 bits per heavy atom. The lowest BCUT2D eigenvalue weighted by Crippen LogP contribution is -2.50. The molecular weight excluding hydrogens is 356 g/mol. The Bertz CT molecular complexity index is 659. The highest BCUT2D eigenvalue weighted by atomic mass is 19.3. The van der Waals surface area contributed by atoms with Crippen molar-refractivity contribution in [1.29, 1.82) is 0 Å². The lowest BCUT2D eigenvalue weighted by Gasteiger charge is -2.33. The molecule has 0 aliphatic carbocycles. The van der Waals surface area contributed by atoms with Crippen molar-refractivity contribution in [2.45, 2.75) is 20.0 Å². The van der Waals surface area contributed by atoms with Crippen LogP contribution < -0.4 is 10.1 Å². The van der Waals surface area contributed by atoms with Crippen LogP contribution in [0.5, 0.6) is 5.75 Å². The maximum Gasteiger partial charge on any atom is 0.387 e. The van der Waals surface area contributed by atoms with E-state index in [1.54, 1.807) is 23.1 Å². The van der Waals surface area contributed by atoms with Crippen LogP contribution in [0.15, 0.2) is 30.3 Å². The fourth-order valence-electron chi connectivity index (χ4n) is 2.74. The normalized spacial score (nSPS) is 15.3. The van der Waals surface area contributed by atoms with Crippen LogP contribution in [0.2, 0.25) is 0 Å². The SMILES string of the molecule is CCCNC(=O)CN1CCN(C(=O)/C=C/c2ccccc2OC(F)F)CC1. The Labute approximate surface area is 157 Å². The third kappa shape index (κ3) is 6.97. The van der Waals surface area contributed by atoms with Crippen LogP contribution in [-0.4, -0.2) is 67.5 Å². The molecule has 1 aliphatic rings. The minimum absolute atomic E-state index is 0.00726. The molecule has 0 atom stereocenters. The van der Waals surface area contributed by atoms with Gasteiger partial charge in [-0.2, -0.15) is 8.78 Å². The molecule has 27 heavy (non-hydrogen) atoms. The number of hydrogen-bond acceptors (Lipinski definition) is 4. The lowest BCUT2D eigenvalue weighted by atomic mass is 10.2. The number of benzene rings is 1. The van der Waals surface area contributed by atoms with Crippen LogP contribution in [0, 0.1) is 0 Å². The largest absolute Gasteiger partial charge is 0.434 e. The number of nitrogens with zero attached hydrogens (tertiary/aromatic N) is 2. The van der Waals surface area contributed by atoms with E-state index in [0.29, 0.717) is 44.8 Å². The summed E-state index contributed by atoms with van der Waals surface area (Å²) in [6, 6.07) is 6.31. The van der Waals surface area contributed by atoms with Gasteiger partial charge in [0.15, 0.2) is 0 Å². The average Bonchev–Trinajstić information content (AvgIpc) is 2.65. The maximum atomic E-state index is 12.4. The molecule has 2 rings (SSSR count). The van der Waals surface area contributed by atoms with Crippen molar-refractivity contribution in [3.63, 3.8) is 0 Å². The van der Waals surface area contributed by atoms with Gasteiger partial charge < -0.3 is 15.0 Å². The molecule has 6 nitrogen and oxygen atoms in total. The average molecular weight is 381 g/mol. The Hall–Kier alpha value is -2.48. The molecule has 1 N–H and O–H groups in total. The summed E-state index contributed by atoms with van der Waals surface area (Å²) in [5.74, 6) is -0.177. The fourth-order valence-corrected chi connectivity index (χ4v) is 2.74. The molecule has 0 saturated carbocycles. The summed E-state index contributed by atoms with van der Waals surface area (Å²) in [6.45, 7) is 2.33. The molecule has 0 spiro atoms. The molecule has 148 valence electrons. The van der Waals surface area contributed by atoms with E-state index in [1.807, 2.05) is 11.8 Å². The Balaban J connectivity index is 1.84. The van der Waals surface area contributed by atoms with E-state index in [1.165, 1.54) is 18.2 Å². The summed E-state index contributed by atoms with van der Waals surface area (Å²) in [5.41, 5.74) is 0.414. The Morgan fingerprint density at radius 3 is 2.59 bits per heavy atom. The molecule has 8 heteroatoms. The molecule has 1 heterocycles. The van der Waals surface area contributed by atoms with Crippen molar-refractivity contribution in [3.8, 4) is 5.75 Å². The van der Waals surface area contributed by atoms with Crippen molar-refractivity contribution in [2.24, 2.45) is 0 Å². The van der Waals surface area contributed by atoms with Gasteiger partial charge in [0.25, 0.3) is 0 Å². The second-order valence-corrected chi connectivity index (χ2v) is 6.20. The van der Waals surface area contributed by atoms with Crippen molar-refractivity contribution in [3.05, 3.63) is 35.9 Å². The molecule has 0 unspecified atom stereocenters. The molecule has 2 amide bonds. The Morgan fingerprint density at radius 2 is 1.93 bits per heavy atom. The third-order valence-electron chi connectivity index (χ3n) is 4.16. The molecule has 0 radical (unpaired) electrons. The number of carbonyl (C=O) groups excluding carboxylic acids is 2. The summed E-state index contributed by atoms with van der Waals surface area (Å²) in [7, 11) is 0. The van der Waals surface area contributed by atoms with Gasteiger partial charge in [-0.3, -0.25) is 14.5 Å². The number of hydrogen-bond donors (Lipinski definition) is 1. The quantitative estimate of drug-likeness (QED) is 0.700.